The van der Waals surface area contributed by atoms with Crippen molar-refractivity contribution in [2.75, 3.05) is 6.54 Å². The van der Waals surface area contributed by atoms with E-state index in [4.69, 9.17) is 5.26 Å². The molecule has 82 valence electrons. The second-order valence-corrected chi connectivity index (χ2v) is 4.36. The van der Waals surface area contributed by atoms with Gasteiger partial charge in [-0.25, -0.2) is 0 Å². The molecule has 0 saturated heterocycles. The van der Waals surface area contributed by atoms with Crippen LogP contribution in [0.3, 0.4) is 0 Å². The Bertz CT molecular complexity index is 286. The van der Waals surface area contributed by atoms with Crippen LogP contribution in [0.4, 0.5) is 0 Å². The highest BCUT2D eigenvalue weighted by Crippen LogP contribution is 2.29. The van der Waals surface area contributed by atoms with E-state index in [-0.39, 0.29) is 11.8 Å². The van der Waals surface area contributed by atoms with E-state index in [9.17, 15) is 4.79 Å². The molecule has 3 heteroatoms. The minimum absolute atomic E-state index is 0.0325. The molecule has 1 unspecified atom stereocenters. The van der Waals surface area contributed by atoms with Crippen molar-refractivity contribution >= 4 is 5.91 Å². The Balaban J connectivity index is 2.70. The summed E-state index contributed by atoms with van der Waals surface area (Å²) in [5, 5.41) is 8.96. The lowest BCUT2D eigenvalue weighted by Gasteiger charge is -2.24. The summed E-state index contributed by atoms with van der Waals surface area (Å²) in [5.74, 6) is -0.464. The molecule has 1 amide bonds. The fourth-order valence-electron chi connectivity index (χ4n) is 1.61. The molecule has 0 aromatic heterocycles. The Hall–Kier alpha value is -1.30. The van der Waals surface area contributed by atoms with E-state index in [1.54, 1.807) is 11.0 Å². The standard InChI is InChI=1S/C12H18N2O/c1-4-7-14(10-5-6-10)12(15)11(8-13)9(2)3/h4,9-11H,1,5-7H2,2-3H3. The molecule has 0 spiro atoms. The van der Waals surface area contributed by atoms with Crippen LogP contribution in [0.25, 0.3) is 0 Å². The third kappa shape index (κ3) is 2.82. The normalized spacial score (nSPS) is 16.9. The van der Waals surface area contributed by atoms with Crippen LogP contribution in [-0.4, -0.2) is 23.4 Å². The van der Waals surface area contributed by atoms with Crippen molar-refractivity contribution in [3.05, 3.63) is 12.7 Å². The Morgan fingerprint density at radius 3 is 2.60 bits per heavy atom. The molecule has 1 atom stereocenters. The van der Waals surface area contributed by atoms with Gasteiger partial charge in [0.15, 0.2) is 0 Å². The molecule has 1 aliphatic carbocycles. The van der Waals surface area contributed by atoms with E-state index in [0.29, 0.717) is 12.6 Å². The summed E-state index contributed by atoms with van der Waals surface area (Å²) in [4.78, 5) is 13.8. The summed E-state index contributed by atoms with van der Waals surface area (Å²) >= 11 is 0. The Morgan fingerprint density at radius 2 is 2.27 bits per heavy atom. The van der Waals surface area contributed by atoms with Crippen LogP contribution in [0.5, 0.6) is 0 Å². The number of hydrogen-bond acceptors (Lipinski definition) is 2. The zero-order chi connectivity index (χ0) is 11.4. The number of carbonyl (C=O) groups excluding carboxylic acids is 1. The maximum absolute atomic E-state index is 12.0. The van der Waals surface area contributed by atoms with Crippen molar-refractivity contribution in [1.82, 2.24) is 4.90 Å². The van der Waals surface area contributed by atoms with Crippen molar-refractivity contribution in [3.8, 4) is 6.07 Å². The van der Waals surface area contributed by atoms with Gasteiger partial charge in [0.1, 0.15) is 5.92 Å². The van der Waals surface area contributed by atoms with Crippen molar-refractivity contribution in [1.29, 1.82) is 5.26 Å². The van der Waals surface area contributed by atoms with Gasteiger partial charge in [-0.15, -0.1) is 6.58 Å². The molecule has 1 rings (SSSR count). The lowest BCUT2D eigenvalue weighted by atomic mass is 9.96. The van der Waals surface area contributed by atoms with Crippen LogP contribution in [0.2, 0.25) is 0 Å². The number of hydrogen-bond donors (Lipinski definition) is 0. The lowest BCUT2D eigenvalue weighted by Crippen LogP contribution is -2.39. The molecule has 1 saturated carbocycles. The van der Waals surface area contributed by atoms with Crippen molar-refractivity contribution in [3.63, 3.8) is 0 Å². The summed E-state index contributed by atoms with van der Waals surface area (Å²) < 4.78 is 0. The smallest absolute Gasteiger partial charge is 0.240 e. The number of carbonyl (C=O) groups is 1. The predicted octanol–water partition coefficient (Wildman–Crippen LogP) is 1.96. The quantitative estimate of drug-likeness (QED) is 0.645. The van der Waals surface area contributed by atoms with Crippen LogP contribution in [-0.2, 0) is 4.79 Å². The maximum atomic E-state index is 12.0. The Kier molecular flexibility index (Phi) is 3.90. The number of nitrogens with zero attached hydrogens (tertiary/aromatic N) is 2. The van der Waals surface area contributed by atoms with Gasteiger partial charge in [0, 0.05) is 12.6 Å². The summed E-state index contributed by atoms with van der Waals surface area (Å²) in [7, 11) is 0. The third-order valence-corrected chi connectivity index (χ3v) is 2.67. The second-order valence-electron chi connectivity index (χ2n) is 4.36. The van der Waals surface area contributed by atoms with Gasteiger partial charge < -0.3 is 4.90 Å². The first-order chi connectivity index (χ1) is 7.11. The molecular weight excluding hydrogens is 188 g/mol. The van der Waals surface area contributed by atoms with Gasteiger partial charge in [0.25, 0.3) is 0 Å². The van der Waals surface area contributed by atoms with Gasteiger partial charge in [0.05, 0.1) is 6.07 Å². The summed E-state index contributed by atoms with van der Waals surface area (Å²) in [6, 6.07) is 2.45. The monoisotopic (exact) mass is 206 g/mol. The van der Waals surface area contributed by atoms with Gasteiger partial charge in [0.2, 0.25) is 5.91 Å². The van der Waals surface area contributed by atoms with Crippen LogP contribution in [0.15, 0.2) is 12.7 Å². The molecule has 0 radical (unpaired) electrons. The third-order valence-electron chi connectivity index (χ3n) is 2.67. The van der Waals surface area contributed by atoms with Gasteiger partial charge in [-0.2, -0.15) is 5.26 Å². The van der Waals surface area contributed by atoms with Crippen LogP contribution in [0.1, 0.15) is 26.7 Å². The molecule has 0 bridgehead atoms. The highest BCUT2D eigenvalue weighted by Gasteiger charge is 2.36. The minimum Gasteiger partial charge on any atom is -0.335 e. The largest absolute Gasteiger partial charge is 0.335 e. The predicted molar refractivity (Wildman–Crippen MR) is 58.9 cm³/mol. The minimum atomic E-state index is -0.509. The second kappa shape index (κ2) is 4.97. The molecule has 0 aliphatic heterocycles. The van der Waals surface area contributed by atoms with E-state index >= 15 is 0 Å². The van der Waals surface area contributed by atoms with E-state index in [1.807, 2.05) is 13.8 Å². The van der Waals surface area contributed by atoms with E-state index in [1.165, 1.54) is 0 Å². The fourth-order valence-corrected chi connectivity index (χ4v) is 1.61. The zero-order valence-electron chi connectivity index (χ0n) is 9.44. The zero-order valence-corrected chi connectivity index (χ0v) is 9.44. The van der Waals surface area contributed by atoms with E-state index in [0.717, 1.165) is 12.8 Å². The van der Waals surface area contributed by atoms with Crippen LogP contribution in [0, 0.1) is 23.2 Å². The van der Waals surface area contributed by atoms with Crippen molar-refractivity contribution in [2.24, 2.45) is 11.8 Å². The van der Waals surface area contributed by atoms with Gasteiger partial charge in [-0.05, 0) is 18.8 Å². The highest BCUT2D eigenvalue weighted by molar-refractivity contribution is 5.82. The SMILES string of the molecule is C=CCN(C(=O)C(C#N)C(C)C)C1CC1. The first kappa shape index (κ1) is 11.8. The van der Waals surface area contributed by atoms with Gasteiger partial charge >= 0.3 is 0 Å². The van der Waals surface area contributed by atoms with Gasteiger partial charge in [-0.3, -0.25) is 4.79 Å². The Labute approximate surface area is 91.4 Å². The van der Waals surface area contributed by atoms with Crippen LogP contribution < -0.4 is 0 Å². The molecule has 1 aliphatic rings. The topological polar surface area (TPSA) is 44.1 Å². The molecule has 15 heavy (non-hydrogen) atoms. The average Bonchev–Trinajstić information content (AvgIpc) is 2.97. The molecule has 0 aromatic rings. The van der Waals surface area contributed by atoms with E-state index < -0.39 is 5.92 Å². The lowest BCUT2D eigenvalue weighted by molar-refractivity contribution is -0.134. The summed E-state index contributed by atoms with van der Waals surface area (Å²) in [5.41, 5.74) is 0. The molecule has 0 N–H and O–H groups in total. The highest BCUT2D eigenvalue weighted by atomic mass is 16.2. The first-order valence-corrected chi connectivity index (χ1v) is 5.42. The number of rotatable bonds is 5. The molecule has 0 aromatic carbocycles. The first-order valence-electron chi connectivity index (χ1n) is 5.42. The number of amides is 1. The Morgan fingerprint density at radius 1 is 1.67 bits per heavy atom. The average molecular weight is 206 g/mol. The summed E-state index contributed by atoms with van der Waals surface area (Å²) in [6.45, 7) is 8.03. The molecular formula is C12H18N2O. The van der Waals surface area contributed by atoms with Gasteiger partial charge in [-0.1, -0.05) is 19.9 Å². The molecule has 3 nitrogen and oxygen atoms in total. The summed E-state index contributed by atoms with van der Waals surface area (Å²) in [6.07, 6.45) is 3.86. The van der Waals surface area contributed by atoms with Crippen LogP contribution >= 0.6 is 0 Å². The van der Waals surface area contributed by atoms with E-state index in [2.05, 4.69) is 12.6 Å². The number of nitriles is 1. The molecule has 1 fully saturated rings. The molecule has 0 heterocycles. The fraction of sp³-hybridized carbons (Fsp3) is 0.667. The maximum Gasteiger partial charge on any atom is 0.240 e. The van der Waals surface area contributed by atoms with Crippen molar-refractivity contribution < 1.29 is 4.79 Å². The van der Waals surface area contributed by atoms with Crippen molar-refractivity contribution in [2.45, 2.75) is 32.7 Å².